The van der Waals surface area contributed by atoms with Crippen molar-refractivity contribution in [2.75, 3.05) is 0 Å². The van der Waals surface area contributed by atoms with Crippen LogP contribution in [-0.4, -0.2) is 17.0 Å². The third-order valence-corrected chi connectivity index (χ3v) is 4.63. The minimum atomic E-state index is -0.630. The lowest BCUT2D eigenvalue weighted by Gasteiger charge is -2.10. The van der Waals surface area contributed by atoms with Crippen molar-refractivity contribution in [3.63, 3.8) is 0 Å². The number of benzene rings is 3. The summed E-state index contributed by atoms with van der Waals surface area (Å²) >= 11 is 11.9. The van der Waals surface area contributed by atoms with Crippen LogP contribution < -0.4 is 0 Å². The number of rotatable bonds is 7. The van der Waals surface area contributed by atoms with E-state index in [9.17, 15) is 14.7 Å². The number of halogens is 2. The number of ether oxygens (including phenoxy) is 2. The Kier molecular flexibility index (Phi) is 7.46. The second-order valence-corrected chi connectivity index (χ2v) is 7.36. The van der Waals surface area contributed by atoms with Crippen molar-refractivity contribution in [1.82, 2.24) is 0 Å². The first kappa shape index (κ1) is 21.8. The summed E-state index contributed by atoms with van der Waals surface area (Å²) in [6, 6.07) is 18.2. The molecule has 0 fully saturated rings. The molecule has 0 saturated carbocycles. The Bertz CT molecular complexity index is 985. The van der Waals surface area contributed by atoms with E-state index in [2.05, 4.69) is 0 Å². The van der Waals surface area contributed by atoms with Gasteiger partial charge < -0.3 is 14.6 Å². The summed E-state index contributed by atoms with van der Waals surface area (Å²) in [4.78, 5) is 24.9. The Morgan fingerprint density at radius 1 is 0.700 bits per heavy atom. The zero-order chi connectivity index (χ0) is 21.5. The predicted octanol–water partition coefficient (Wildman–Crippen LogP) is 5.20. The molecule has 0 aliphatic rings. The normalized spacial score (nSPS) is 10.5. The largest absolute Gasteiger partial charge is 0.457 e. The summed E-state index contributed by atoms with van der Waals surface area (Å²) in [5.74, 6) is -1.26. The molecular formula is C23H18Cl2O5. The second-order valence-electron chi connectivity index (χ2n) is 6.49. The van der Waals surface area contributed by atoms with Crippen LogP contribution in [0.3, 0.4) is 0 Å². The number of carbonyl (C=O) groups excluding carboxylic acids is 2. The first-order valence-electron chi connectivity index (χ1n) is 9.02. The van der Waals surface area contributed by atoms with E-state index in [0.717, 1.165) is 11.1 Å². The second kappa shape index (κ2) is 10.3. The van der Waals surface area contributed by atoms with Gasteiger partial charge in [0, 0.05) is 10.0 Å². The van der Waals surface area contributed by atoms with Crippen LogP contribution in [0.1, 0.15) is 37.4 Å². The molecule has 0 amide bonds. The van der Waals surface area contributed by atoms with Crippen LogP contribution in [-0.2, 0) is 29.3 Å². The van der Waals surface area contributed by atoms with E-state index in [1.807, 2.05) is 0 Å². The van der Waals surface area contributed by atoms with E-state index < -0.39 is 11.9 Å². The Labute approximate surface area is 183 Å². The van der Waals surface area contributed by atoms with Crippen LogP contribution in [0.25, 0.3) is 0 Å². The molecule has 1 N–H and O–H groups in total. The molecule has 5 nitrogen and oxygen atoms in total. The van der Waals surface area contributed by atoms with Gasteiger partial charge in [-0.15, -0.1) is 0 Å². The standard InChI is InChI=1S/C23H18Cl2O5/c24-20-5-1-3-15(9-20)13-29-22(27)18-7-17(12-26)8-19(11-18)23(28)30-14-16-4-2-6-21(25)10-16/h1-11,26H,12-14H2. The third kappa shape index (κ3) is 6.07. The summed E-state index contributed by atoms with van der Waals surface area (Å²) in [6.45, 7) is -0.293. The Morgan fingerprint density at radius 2 is 1.17 bits per heavy atom. The highest BCUT2D eigenvalue weighted by atomic mass is 35.5. The lowest BCUT2D eigenvalue weighted by molar-refractivity contribution is 0.0470. The Morgan fingerprint density at radius 3 is 1.57 bits per heavy atom. The smallest absolute Gasteiger partial charge is 0.338 e. The summed E-state index contributed by atoms with van der Waals surface area (Å²) < 4.78 is 10.6. The minimum Gasteiger partial charge on any atom is -0.457 e. The maximum atomic E-state index is 12.5. The average molecular weight is 445 g/mol. The zero-order valence-electron chi connectivity index (χ0n) is 15.8. The van der Waals surface area contributed by atoms with Crippen LogP contribution in [0.4, 0.5) is 0 Å². The van der Waals surface area contributed by atoms with Crippen molar-refractivity contribution in [2.24, 2.45) is 0 Å². The number of carbonyl (C=O) groups is 2. The van der Waals surface area contributed by atoms with Crippen molar-refractivity contribution in [3.05, 3.63) is 105 Å². The topological polar surface area (TPSA) is 72.8 Å². The molecule has 0 unspecified atom stereocenters. The summed E-state index contributed by atoms with van der Waals surface area (Å²) in [5, 5.41) is 10.6. The molecule has 0 saturated heterocycles. The van der Waals surface area contributed by atoms with Crippen LogP contribution in [0.15, 0.2) is 66.7 Å². The highest BCUT2D eigenvalue weighted by Gasteiger charge is 2.15. The maximum Gasteiger partial charge on any atom is 0.338 e. The average Bonchev–Trinajstić information content (AvgIpc) is 2.75. The summed E-state index contributed by atoms with van der Waals surface area (Å²) in [6.07, 6.45) is 0. The highest BCUT2D eigenvalue weighted by molar-refractivity contribution is 6.30. The molecule has 0 spiro atoms. The molecule has 7 heteroatoms. The Hall–Kier alpha value is -2.86. The first-order chi connectivity index (χ1) is 14.4. The molecule has 0 heterocycles. The van der Waals surface area contributed by atoms with E-state index in [0.29, 0.717) is 15.6 Å². The van der Waals surface area contributed by atoms with Crippen molar-refractivity contribution in [2.45, 2.75) is 19.8 Å². The van der Waals surface area contributed by atoms with Gasteiger partial charge >= 0.3 is 11.9 Å². The number of esters is 2. The van der Waals surface area contributed by atoms with E-state index >= 15 is 0 Å². The third-order valence-electron chi connectivity index (χ3n) is 4.16. The molecule has 0 bridgehead atoms. The van der Waals surface area contributed by atoms with Crippen LogP contribution in [0.2, 0.25) is 10.0 Å². The van der Waals surface area contributed by atoms with Gasteiger partial charge in [0.15, 0.2) is 0 Å². The quantitative estimate of drug-likeness (QED) is 0.506. The van der Waals surface area contributed by atoms with Crippen molar-refractivity contribution < 1.29 is 24.2 Å². The van der Waals surface area contributed by atoms with E-state index in [-0.39, 0.29) is 30.9 Å². The van der Waals surface area contributed by atoms with Crippen molar-refractivity contribution >= 4 is 35.1 Å². The van der Waals surface area contributed by atoms with Crippen LogP contribution in [0.5, 0.6) is 0 Å². The van der Waals surface area contributed by atoms with Gasteiger partial charge in [0.05, 0.1) is 17.7 Å². The maximum absolute atomic E-state index is 12.5. The van der Waals surface area contributed by atoms with Gasteiger partial charge in [0.1, 0.15) is 13.2 Å². The lowest BCUT2D eigenvalue weighted by Crippen LogP contribution is -2.10. The number of aliphatic hydroxyl groups excluding tert-OH is 1. The highest BCUT2D eigenvalue weighted by Crippen LogP contribution is 2.17. The van der Waals surface area contributed by atoms with Gasteiger partial charge in [-0.2, -0.15) is 0 Å². The summed E-state index contributed by atoms with van der Waals surface area (Å²) in [5.41, 5.74) is 2.13. The van der Waals surface area contributed by atoms with Gasteiger partial charge in [-0.05, 0) is 59.2 Å². The number of aliphatic hydroxyl groups is 1. The molecule has 3 aromatic rings. The molecule has 0 aromatic heterocycles. The fourth-order valence-electron chi connectivity index (χ4n) is 2.74. The van der Waals surface area contributed by atoms with Crippen molar-refractivity contribution in [3.8, 4) is 0 Å². The van der Waals surface area contributed by atoms with Gasteiger partial charge in [-0.25, -0.2) is 9.59 Å². The van der Waals surface area contributed by atoms with E-state index in [4.69, 9.17) is 32.7 Å². The van der Waals surface area contributed by atoms with Gasteiger partial charge in [-0.3, -0.25) is 0 Å². The SMILES string of the molecule is O=C(OCc1cccc(Cl)c1)c1cc(CO)cc(C(=O)OCc2cccc(Cl)c2)c1. The Balaban J connectivity index is 1.70. The number of hydrogen-bond donors (Lipinski definition) is 1. The molecule has 0 atom stereocenters. The first-order valence-corrected chi connectivity index (χ1v) is 9.78. The van der Waals surface area contributed by atoms with E-state index in [1.54, 1.807) is 48.5 Å². The zero-order valence-corrected chi connectivity index (χ0v) is 17.3. The molecule has 0 aliphatic heterocycles. The van der Waals surface area contributed by atoms with E-state index in [1.165, 1.54) is 18.2 Å². The lowest BCUT2D eigenvalue weighted by atomic mass is 10.1. The van der Waals surface area contributed by atoms with Crippen LogP contribution >= 0.6 is 23.2 Å². The molecule has 154 valence electrons. The monoisotopic (exact) mass is 444 g/mol. The van der Waals surface area contributed by atoms with Crippen molar-refractivity contribution in [1.29, 1.82) is 0 Å². The number of hydrogen-bond acceptors (Lipinski definition) is 5. The fraction of sp³-hybridized carbons (Fsp3) is 0.130. The van der Waals surface area contributed by atoms with Gasteiger partial charge in [0.2, 0.25) is 0 Å². The molecule has 30 heavy (non-hydrogen) atoms. The predicted molar refractivity (Wildman–Crippen MR) is 114 cm³/mol. The van der Waals surface area contributed by atoms with Gasteiger partial charge in [0.25, 0.3) is 0 Å². The van der Waals surface area contributed by atoms with Gasteiger partial charge in [-0.1, -0.05) is 47.5 Å². The molecule has 3 aromatic carbocycles. The molecular weight excluding hydrogens is 427 g/mol. The molecule has 0 radical (unpaired) electrons. The molecule has 3 rings (SSSR count). The summed E-state index contributed by atoms with van der Waals surface area (Å²) in [7, 11) is 0. The minimum absolute atomic E-state index is 0.0251. The molecule has 0 aliphatic carbocycles. The van der Waals surface area contributed by atoms with Crippen LogP contribution in [0, 0.1) is 0 Å². The fourth-order valence-corrected chi connectivity index (χ4v) is 3.16.